The van der Waals surface area contributed by atoms with Gasteiger partial charge < -0.3 is 5.32 Å². The average molecular weight is 161 g/mol. The first-order valence-corrected chi connectivity index (χ1v) is 5.27. The molecule has 1 atom stereocenters. The van der Waals surface area contributed by atoms with E-state index < -0.39 is 0 Å². The summed E-state index contributed by atoms with van der Waals surface area (Å²) in [5, 5.41) is 4.12. The summed E-state index contributed by atoms with van der Waals surface area (Å²) in [7, 11) is 0. The van der Waals surface area contributed by atoms with Gasteiger partial charge >= 0.3 is 0 Å². The Kier molecular flexibility index (Phi) is 6.24. The van der Waals surface area contributed by atoms with Crippen LogP contribution >= 0.6 is 11.8 Å². The van der Waals surface area contributed by atoms with Gasteiger partial charge in [-0.15, -0.1) is 11.8 Å². The van der Waals surface area contributed by atoms with E-state index >= 15 is 0 Å². The molecule has 0 rings (SSSR count). The Hall–Kier alpha value is 0.310. The Labute approximate surface area is 69.0 Å². The normalized spacial score (nSPS) is 14.1. The van der Waals surface area contributed by atoms with Crippen LogP contribution in [0, 0.1) is 5.92 Å². The predicted octanol–water partition coefficient (Wildman–Crippen LogP) is 2.33. The lowest BCUT2D eigenvalue weighted by Gasteiger charge is -2.19. The van der Waals surface area contributed by atoms with Crippen LogP contribution in [0.25, 0.3) is 0 Å². The molecule has 0 bridgehead atoms. The lowest BCUT2D eigenvalue weighted by Crippen LogP contribution is -2.30. The molecule has 62 valence electrons. The van der Waals surface area contributed by atoms with Gasteiger partial charge in [-0.3, -0.25) is 0 Å². The molecule has 0 spiro atoms. The molecule has 0 saturated carbocycles. The molecule has 1 N–H and O–H groups in total. The zero-order valence-electron chi connectivity index (χ0n) is 7.48. The van der Waals surface area contributed by atoms with Gasteiger partial charge in [0.15, 0.2) is 0 Å². The molecule has 0 fully saturated rings. The maximum absolute atomic E-state index is 3.48. The maximum atomic E-state index is 3.48. The van der Waals surface area contributed by atoms with Crippen molar-refractivity contribution in [2.75, 3.05) is 12.8 Å². The van der Waals surface area contributed by atoms with Crippen molar-refractivity contribution < 1.29 is 0 Å². The quantitative estimate of drug-likeness (QED) is 0.621. The summed E-state index contributed by atoms with van der Waals surface area (Å²) >= 11 is 1.91. The monoisotopic (exact) mass is 161 g/mol. The van der Waals surface area contributed by atoms with Gasteiger partial charge in [0.25, 0.3) is 0 Å². The van der Waals surface area contributed by atoms with E-state index in [-0.39, 0.29) is 0 Å². The first-order chi connectivity index (χ1) is 4.72. The molecule has 10 heavy (non-hydrogen) atoms. The van der Waals surface area contributed by atoms with Crippen molar-refractivity contribution in [1.29, 1.82) is 0 Å². The standard InChI is InChI=1S/C8H19NS/c1-5-6-9-8(10-4)7(2)3/h7-9H,5-6H2,1-4H3. The van der Waals surface area contributed by atoms with E-state index in [0.29, 0.717) is 5.37 Å². The van der Waals surface area contributed by atoms with Crippen LogP contribution in [0.3, 0.4) is 0 Å². The Morgan fingerprint density at radius 1 is 1.40 bits per heavy atom. The van der Waals surface area contributed by atoms with E-state index in [0.717, 1.165) is 12.5 Å². The third kappa shape index (κ3) is 4.18. The van der Waals surface area contributed by atoms with Crippen LogP contribution in [0.1, 0.15) is 27.2 Å². The molecule has 0 amide bonds. The van der Waals surface area contributed by atoms with Crippen molar-refractivity contribution in [3.8, 4) is 0 Å². The largest absolute Gasteiger partial charge is 0.305 e. The van der Waals surface area contributed by atoms with E-state index in [2.05, 4.69) is 32.3 Å². The highest BCUT2D eigenvalue weighted by Crippen LogP contribution is 2.12. The second kappa shape index (κ2) is 6.05. The molecule has 0 aromatic rings. The first kappa shape index (κ1) is 10.3. The summed E-state index contributed by atoms with van der Waals surface area (Å²) in [4.78, 5) is 0. The van der Waals surface area contributed by atoms with E-state index in [1.54, 1.807) is 0 Å². The average Bonchev–Trinajstić information content (AvgIpc) is 1.89. The van der Waals surface area contributed by atoms with E-state index in [9.17, 15) is 0 Å². The topological polar surface area (TPSA) is 12.0 Å². The minimum atomic E-state index is 0.639. The summed E-state index contributed by atoms with van der Waals surface area (Å²) in [6.45, 7) is 7.85. The fraction of sp³-hybridized carbons (Fsp3) is 1.00. The summed E-state index contributed by atoms with van der Waals surface area (Å²) < 4.78 is 0. The van der Waals surface area contributed by atoms with Crippen LogP contribution in [0.4, 0.5) is 0 Å². The van der Waals surface area contributed by atoms with Gasteiger partial charge in [-0.05, 0) is 25.1 Å². The summed E-state index contributed by atoms with van der Waals surface area (Å²) in [6, 6.07) is 0. The molecule has 0 aliphatic carbocycles. The third-order valence-electron chi connectivity index (χ3n) is 1.45. The van der Waals surface area contributed by atoms with Gasteiger partial charge in [0, 0.05) is 0 Å². The van der Waals surface area contributed by atoms with Gasteiger partial charge in [-0.2, -0.15) is 0 Å². The molecule has 0 aliphatic heterocycles. The van der Waals surface area contributed by atoms with Crippen LogP contribution in [0.5, 0.6) is 0 Å². The van der Waals surface area contributed by atoms with Gasteiger partial charge in [0.05, 0.1) is 5.37 Å². The number of hydrogen-bond donors (Lipinski definition) is 1. The van der Waals surface area contributed by atoms with E-state index in [1.807, 2.05) is 11.8 Å². The lowest BCUT2D eigenvalue weighted by atomic mass is 10.2. The lowest BCUT2D eigenvalue weighted by molar-refractivity contribution is 0.513. The van der Waals surface area contributed by atoms with Gasteiger partial charge in [-0.1, -0.05) is 20.8 Å². The fourth-order valence-electron chi connectivity index (χ4n) is 0.878. The minimum absolute atomic E-state index is 0.639. The van der Waals surface area contributed by atoms with Crippen LogP contribution < -0.4 is 5.32 Å². The minimum Gasteiger partial charge on any atom is -0.305 e. The predicted molar refractivity (Wildman–Crippen MR) is 50.4 cm³/mol. The third-order valence-corrected chi connectivity index (χ3v) is 2.67. The van der Waals surface area contributed by atoms with Crippen LogP contribution in [0.2, 0.25) is 0 Å². The molecule has 0 aromatic heterocycles. The number of thioether (sulfide) groups is 1. The Balaban J connectivity index is 3.40. The molecule has 1 nitrogen and oxygen atoms in total. The summed E-state index contributed by atoms with van der Waals surface area (Å²) in [5.74, 6) is 0.738. The smallest absolute Gasteiger partial charge is 0.0552 e. The Bertz CT molecular complexity index is 73.7. The van der Waals surface area contributed by atoms with E-state index in [4.69, 9.17) is 0 Å². The molecular weight excluding hydrogens is 142 g/mol. The molecule has 2 heteroatoms. The molecule has 0 radical (unpaired) electrons. The van der Waals surface area contributed by atoms with Crippen LogP contribution in [-0.2, 0) is 0 Å². The zero-order chi connectivity index (χ0) is 7.98. The molecule has 0 heterocycles. The number of hydrogen-bond acceptors (Lipinski definition) is 2. The van der Waals surface area contributed by atoms with Gasteiger partial charge in [0.2, 0.25) is 0 Å². The Morgan fingerprint density at radius 2 is 2.00 bits per heavy atom. The van der Waals surface area contributed by atoms with Crippen molar-refractivity contribution in [2.24, 2.45) is 5.92 Å². The summed E-state index contributed by atoms with van der Waals surface area (Å²) in [6.07, 6.45) is 3.39. The first-order valence-electron chi connectivity index (χ1n) is 3.98. The molecule has 0 aromatic carbocycles. The molecular formula is C8H19NS. The van der Waals surface area contributed by atoms with Crippen molar-refractivity contribution in [1.82, 2.24) is 5.32 Å². The number of rotatable bonds is 5. The highest BCUT2D eigenvalue weighted by atomic mass is 32.2. The van der Waals surface area contributed by atoms with Crippen LogP contribution in [0.15, 0.2) is 0 Å². The van der Waals surface area contributed by atoms with Crippen molar-refractivity contribution >= 4 is 11.8 Å². The molecule has 0 saturated heterocycles. The van der Waals surface area contributed by atoms with E-state index in [1.165, 1.54) is 6.42 Å². The molecule has 1 unspecified atom stereocenters. The second-order valence-corrected chi connectivity index (χ2v) is 3.83. The highest BCUT2D eigenvalue weighted by Gasteiger charge is 2.08. The molecule has 0 aliphatic rings. The van der Waals surface area contributed by atoms with Gasteiger partial charge in [-0.25, -0.2) is 0 Å². The maximum Gasteiger partial charge on any atom is 0.0552 e. The van der Waals surface area contributed by atoms with Crippen molar-refractivity contribution in [2.45, 2.75) is 32.6 Å². The number of nitrogens with one attached hydrogen (secondary N) is 1. The van der Waals surface area contributed by atoms with Gasteiger partial charge in [0.1, 0.15) is 0 Å². The van der Waals surface area contributed by atoms with Crippen LogP contribution in [-0.4, -0.2) is 18.2 Å². The second-order valence-electron chi connectivity index (χ2n) is 2.85. The van der Waals surface area contributed by atoms with Crippen molar-refractivity contribution in [3.05, 3.63) is 0 Å². The fourth-order valence-corrected chi connectivity index (χ4v) is 1.71. The van der Waals surface area contributed by atoms with Crippen molar-refractivity contribution in [3.63, 3.8) is 0 Å². The Morgan fingerprint density at radius 3 is 2.30 bits per heavy atom. The highest BCUT2D eigenvalue weighted by molar-refractivity contribution is 7.99. The zero-order valence-corrected chi connectivity index (χ0v) is 8.29. The SMILES string of the molecule is CCCNC(SC)C(C)C. The summed E-state index contributed by atoms with van der Waals surface area (Å²) in [5.41, 5.74) is 0.